The minimum absolute atomic E-state index is 0.00639. The van der Waals surface area contributed by atoms with Crippen molar-refractivity contribution in [3.63, 3.8) is 0 Å². The molecule has 0 heterocycles. The van der Waals surface area contributed by atoms with E-state index in [9.17, 15) is 10.1 Å². The van der Waals surface area contributed by atoms with Crippen molar-refractivity contribution in [3.05, 3.63) is 36.8 Å². The predicted octanol–water partition coefficient (Wildman–Crippen LogP) is 3.43. The fourth-order valence-electron chi connectivity index (χ4n) is 0.850. The van der Waals surface area contributed by atoms with Crippen LogP contribution in [0.5, 0.6) is 0 Å². The molecule has 0 aliphatic heterocycles. The van der Waals surface area contributed by atoms with Crippen molar-refractivity contribution in [2.75, 3.05) is 0 Å². The fourth-order valence-corrected chi connectivity index (χ4v) is 1.84. The van der Waals surface area contributed by atoms with E-state index in [1.165, 1.54) is 0 Å². The highest BCUT2D eigenvalue weighted by Crippen LogP contribution is 2.38. The Kier molecular flexibility index (Phi) is 3.17. The van der Waals surface area contributed by atoms with E-state index >= 15 is 0 Å². The fraction of sp³-hybridized carbons (Fsp3) is 0. The van der Waals surface area contributed by atoms with E-state index in [-0.39, 0.29) is 20.6 Å². The quantitative estimate of drug-likeness (QED) is 0.567. The zero-order valence-electron chi connectivity index (χ0n) is 6.42. The Balaban J connectivity index is 3.62. The molecule has 0 aromatic heterocycles. The maximum Gasteiger partial charge on any atom is 0.307 e. The topological polar surface area (TPSA) is 66.9 Å². The normalized spacial score (nSPS) is 9.57. The van der Waals surface area contributed by atoms with Crippen LogP contribution in [0.25, 0.3) is 0 Å². The number of nitro groups is 1. The molecule has 0 amide bonds. The smallest absolute Gasteiger partial charge is 0.258 e. The van der Waals surface area contributed by atoms with Crippen molar-refractivity contribution >= 4 is 40.5 Å². The number of hydrogen-bond donors (Lipinski definition) is 0. The second kappa shape index (κ2) is 4.01. The summed E-state index contributed by atoms with van der Waals surface area (Å²) in [7, 11) is 0. The molecular weight excluding hydrogens is 250 g/mol. The molecule has 0 radical (unpaired) electrons. The average Bonchev–Trinajstić information content (AvgIpc) is 2.02. The molecule has 14 heavy (non-hydrogen) atoms. The maximum atomic E-state index is 10.5. The summed E-state index contributed by atoms with van der Waals surface area (Å²) in [6, 6.07) is 2.78. The van der Waals surface area contributed by atoms with Gasteiger partial charge in [-0.2, -0.15) is 5.26 Å². The van der Waals surface area contributed by atoms with Crippen LogP contribution in [0.1, 0.15) is 5.56 Å². The molecule has 0 atom stereocenters. The van der Waals surface area contributed by atoms with E-state index in [1.807, 2.05) is 0 Å². The number of rotatable bonds is 1. The van der Waals surface area contributed by atoms with E-state index in [1.54, 1.807) is 6.07 Å². The Bertz CT molecular complexity index is 453. The van der Waals surface area contributed by atoms with E-state index in [2.05, 4.69) is 0 Å². The van der Waals surface area contributed by atoms with Crippen molar-refractivity contribution < 1.29 is 4.92 Å². The van der Waals surface area contributed by atoms with Gasteiger partial charge >= 0.3 is 5.69 Å². The zero-order chi connectivity index (χ0) is 10.9. The van der Waals surface area contributed by atoms with Crippen LogP contribution >= 0.6 is 34.8 Å². The van der Waals surface area contributed by atoms with E-state index in [0.717, 1.165) is 6.07 Å². The van der Waals surface area contributed by atoms with Crippen molar-refractivity contribution in [2.45, 2.75) is 0 Å². The van der Waals surface area contributed by atoms with Gasteiger partial charge < -0.3 is 0 Å². The Morgan fingerprint density at radius 1 is 1.36 bits per heavy atom. The molecule has 0 unspecified atom stereocenters. The van der Waals surface area contributed by atoms with Gasteiger partial charge in [0.1, 0.15) is 16.1 Å². The summed E-state index contributed by atoms with van der Waals surface area (Å²) in [6.45, 7) is 0. The molecule has 0 spiro atoms. The van der Waals surface area contributed by atoms with Crippen molar-refractivity contribution in [1.82, 2.24) is 0 Å². The van der Waals surface area contributed by atoms with Gasteiger partial charge in [-0.25, -0.2) is 0 Å². The van der Waals surface area contributed by atoms with E-state index in [0.29, 0.717) is 0 Å². The Labute approximate surface area is 93.8 Å². The predicted molar refractivity (Wildman–Crippen MR) is 52.8 cm³/mol. The minimum Gasteiger partial charge on any atom is -0.258 e. The first-order valence-corrected chi connectivity index (χ1v) is 4.34. The minimum atomic E-state index is -0.762. The van der Waals surface area contributed by atoms with Crippen molar-refractivity contribution in [3.8, 4) is 6.07 Å². The van der Waals surface area contributed by atoms with Gasteiger partial charge in [-0.15, -0.1) is 0 Å². The lowest BCUT2D eigenvalue weighted by molar-refractivity contribution is -0.384. The standard InChI is InChI=1S/C7HCl3N2O2/c8-4-1-5(9)7(12(13)14)6(10)3(4)2-11/h1H. The molecule has 0 bridgehead atoms. The molecule has 72 valence electrons. The lowest BCUT2D eigenvalue weighted by Crippen LogP contribution is -1.93. The van der Waals surface area contributed by atoms with Gasteiger partial charge in [0.2, 0.25) is 0 Å². The summed E-state index contributed by atoms with van der Waals surface area (Å²) in [4.78, 5) is 9.74. The van der Waals surface area contributed by atoms with Gasteiger partial charge in [-0.1, -0.05) is 34.8 Å². The number of nitrogens with zero attached hydrogens (tertiary/aromatic N) is 2. The number of benzene rings is 1. The largest absolute Gasteiger partial charge is 0.307 e. The van der Waals surface area contributed by atoms with Gasteiger partial charge in [0.15, 0.2) is 0 Å². The van der Waals surface area contributed by atoms with Crippen LogP contribution in [0.15, 0.2) is 6.07 Å². The average molecular weight is 251 g/mol. The van der Waals surface area contributed by atoms with Gasteiger partial charge in [0.05, 0.1) is 15.5 Å². The Morgan fingerprint density at radius 3 is 2.36 bits per heavy atom. The van der Waals surface area contributed by atoms with Crippen LogP contribution in [-0.2, 0) is 0 Å². The first kappa shape index (κ1) is 11.1. The third-order valence-electron chi connectivity index (χ3n) is 1.44. The SMILES string of the molecule is N#Cc1c(Cl)cc(Cl)c([N+](=O)[O-])c1Cl. The number of nitro benzene ring substituents is 1. The number of halogens is 3. The molecule has 0 N–H and O–H groups in total. The number of hydrogen-bond acceptors (Lipinski definition) is 3. The molecule has 0 fully saturated rings. The van der Waals surface area contributed by atoms with Crippen molar-refractivity contribution in [2.24, 2.45) is 0 Å². The highest BCUT2D eigenvalue weighted by Gasteiger charge is 2.23. The third kappa shape index (κ3) is 1.75. The van der Waals surface area contributed by atoms with Crippen LogP contribution in [0.2, 0.25) is 15.1 Å². The van der Waals surface area contributed by atoms with E-state index < -0.39 is 10.6 Å². The van der Waals surface area contributed by atoms with Gasteiger partial charge in [-0.3, -0.25) is 10.1 Å². The second-order valence-corrected chi connectivity index (χ2v) is 3.44. The van der Waals surface area contributed by atoms with Crippen LogP contribution in [0, 0.1) is 21.4 Å². The Morgan fingerprint density at radius 2 is 1.93 bits per heavy atom. The molecule has 7 heteroatoms. The first-order valence-electron chi connectivity index (χ1n) is 3.21. The van der Waals surface area contributed by atoms with Crippen molar-refractivity contribution in [1.29, 1.82) is 5.26 Å². The molecule has 1 rings (SSSR count). The van der Waals surface area contributed by atoms with Crippen LogP contribution in [0.3, 0.4) is 0 Å². The molecular formula is C7HCl3N2O2. The molecule has 1 aromatic rings. The van der Waals surface area contributed by atoms with E-state index in [4.69, 9.17) is 40.1 Å². The molecule has 1 aromatic carbocycles. The molecule has 0 aliphatic carbocycles. The molecule has 0 saturated carbocycles. The first-order chi connectivity index (χ1) is 6.49. The summed E-state index contributed by atoms with van der Waals surface area (Å²) in [5, 5.41) is 18.6. The highest BCUT2D eigenvalue weighted by molar-refractivity contribution is 6.42. The highest BCUT2D eigenvalue weighted by atomic mass is 35.5. The van der Waals surface area contributed by atoms with Crippen LogP contribution in [0.4, 0.5) is 5.69 Å². The number of nitriles is 1. The van der Waals surface area contributed by atoms with Crippen LogP contribution in [-0.4, -0.2) is 4.92 Å². The van der Waals surface area contributed by atoms with Gasteiger partial charge in [-0.05, 0) is 6.07 Å². The monoisotopic (exact) mass is 250 g/mol. The third-order valence-corrected chi connectivity index (χ3v) is 2.39. The van der Waals surface area contributed by atoms with Crippen LogP contribution < -0.4 is 0 Å². The summed E-state index contributed by atoms with van der Waals surface area (Å²) in [5.74, 6) is 0. The lowest BCUT2D eigenvalue weighted by Gasteiger charge is -2.01. The summed E-state index contributed by atoms with van der Waals surface area (Å²) in [5.41, 5.74) is -0.654. The molecule has 0 aliphatic rings. The van der Waals surface area contributed by atoms with Gasteiger partial charge in [0, 0.05) is 0 Å². The summed E-state index contributed by atoms with van der Waals surface area (Å²) < 4.78 is 0. The summed E-state index contributed by atoms with van der Waals surface area (Å²) >= 11 is 16.7. The second-order valence-electron chi connectivity index (χ2n) is 2.25. The Hall–Kier alpha value is -1.02. The lowest BCUT2D eigenvalue weighted by atomic mass is 10.2. The zero-order valence-corrected chi connectivity index (χ0v) is 8.69. The molecule has 0 saturated heterocycles. The van der Waals surface area contributed by atoms with Gasteiger partial charge in [0.25, 0.3) is 0 Å². The molecule has 4 nitrogen and oxygen atoms in total. The maximum absolute atomic E-state index is 10.5. The summed E-state index contributed by atoms with van der Waals surface area (Å²) in [6.07, 6.45) is 0.